The molecule has 0 saturated heterocycles. The molecule has 2 unspecified atom stereocenters. The number of carbonyl (C=O) groups excluding carboxylic acids is 1. The van der Waals surface area contributed by atoms with Gasteiger partial charge < -0.3 is 10.5 Å². The molecule has 2 aromatic carbocycles. The normalized spacial score (nSPS) is 17.4. The molecular weight excluding hydrogens is 472 g/mol. The van der Waals surface area contributed by atoms with E-state index in [1.54, 1.807) is 12.1 Å². The number of primary amides is 1. The summed E-state index contributed by atoms with van der Waals surface area (Å²) < 4.78 is 35.4. The quantitative estimate of drug-likeness (QED) is 0.474. The van der Waals surface area contributed by atoms with E-state index in [0.29, 0.717) is 30.0 Å². The number of allylic oxidation sites excluding steroid dienone is 2. The molecule has 192 valence electrons. The summed E-state index contributed by atoms with van der Waals surface area (Å²) in [6.07, 6.45) is 6.87. The van der Waals surface area contributed by atoms with Crippen molar-refractivity contribution in [2.75, 3.05) is 17.5 Å². The van der Waals surface area contributed by atoms with Crippen molar-refractivity contribution in [2.24, 2.45) is 11.7 Å². The van der Waals surface area contributed by atoms with E-state index in [0.717, 1.165) is 42.4 Å². The SMILES string of the molecule is C=C(C)C(CC(C1=CCCCC1)c1ccc(C)c(S(=O)(=O)N2CCOc3cccc(C)c32)c1)C(N)=O. The summed E-state index contributed by atoms with van der Waals surface area (Å²) >= 11 is 0. The van der Waals surface area contributed by atoms with Gasteiger partial charge in [-0.3, -0.25) is 9.10 Å². The number of nitrogens with two attached hydrogens (primary N) is 1. The van der Waals surface area contributed by atoms with E-state index < -0.39 is 21.8 Å². The van der Waals surface area contributed by atoms with Crippen LogP contribution in [0.3, 0.4) is 0 Å². The highest BCUT2D eigenvalue weighted by Crippen LogP contribution is 2.41. The zero-order chi connectivity index (χ0) is 26.0. The highest BCUT2D eigenvalue weighted by atomic mass is 32.2. The van der Waals surface area contributed by atoms with Crippen LogP contribution in [0.2, 0.25) is 0 Å². The van der Waals surface area contributed by atoms with E-state index >= 15 is 0 Å². The molecule has 2 aliphatic rings. The number of ether oxygens (including phenoxy) is 1. The van der Waals surface area contributed by atoms with Gasteiger partial charge in [0.25, 0.3) is 10.0 Å². The largest absolute Gasteiger partial charge is 0.489 e. The summed E-state index contributed by atoms with van der Waals surface area (Å²) in [4.78, 5) is 12.5. The van der Waals surface area contributed by atoms with E-state index in [1.807, 2.05) is 45.0 Å². The average molecular weight is 509 g/mol. The fraction of sp³-hybridized carbons (Fsp3) is 0.414. The van der Waals surface area contributed by atoms with Gasteiger partial charge in [-0.05, 0) is 81.7 Å². The Labute approximate surface area is 214 Å². The van der Waals surface area contributed by atoms with Gasteiger partial charge in [-0.2, -0.15) is 0 Å². The molecule has 0 fully saturated rings. The van der Waals surface area contributed by atoms with Gasteiger partial charge in [-0.25, -0.2) is 8.42 Å². The number of hydrogen-bond donors (Lipinski definition) is 1. The number of anilines is 1. The second-order valence-corrected chi connectivity index (χ2v) is 11.8. The van der Waals surface area contributed by atoms with Gasteiger partial charge in [0.2, 0.25) is 5.91 Å². The lowest BCUT2D eigenvalue weighted by atomic mass is 9.77. The maximum absolute atomic E-state index is 14.1. The first kappa shape index (κ1) is 26.0. The molecule has 6 nitrogen and oxygen atoms in total. The minimum atomic E-state index is -3.85. The first-order valence-corrected chi connectivity index (χ1v) is 14.0. The predicted octanol–water partition coefficient (Wildman–Crippen LogP) is 5.54. The van der Waals surface area contributed by atoms with Crippen molar-refractivity contribution >= 4 is 21.6 Å². The predicted molar refractivity (Wildman–Crippen MR) is 144 cm³/mol. The Morgan fingerprint density at radius 1 is 1.17 bits per heavy atom. The molecule has 36 heavy (non-hydrogen) atoms. The van der Waals surface area contributed by atoms with Crippen LogP contribution in [0.1, 0.15) is 61.6 Å². The molecule has 7 heteroatoms. The molecule has 2 N–H and O–H groups in total. The van der Waals surface area contributed by atoms with Gasteiger partial charge in [0, 0.05) is 5.92 Å². The third-order valence-corrected chi connectivity index (χ3v) is 9.31. The molecule has 2 aromatic rings. The zero-order valence-electron chi connectivity index (χ0n) is 21.4. The molecule has 0 saturated carbocycles. The molecule has 1 aliphatic carbocycles. The lowest BCUT2D eigenvalue weighted by Crippen LogP contribution is -2.38. The van der Waals surface area contributed by atoms with Gasteiger partial charge in [-0.1, -0.05) is 48.1 Å². The first-order chi connectivity index (χ1) is 17.1. The van der Waals surface area contributed by atoms with Gasteiger partial charge >= 0.3 is 0 Å². The Bertz CT molecular complexity index is 1300. The number of nitrogens with zero attached hydrogens (tertiary/aromatic N) is 1. The van der Waals surface area contributed by atoms with Gasteiger partial charge in [0.05, 0.1) is 23.0 Å². The number of carbonyl (C=O) groups is 1. The third kappa shape index (κ3) is 5.07. The van der Waals surface area contributed by atoms with Gasteiger partial charge in [-0.15, -0.1) is 0 Å². The monoisotopic (exact) mass is 508 g/mol. The van der Waals surface area contributed by atoms with Crippen LogP contribution in [0.25, 0.3) is 0 Å². The highest BCUT2D eigenvalue weighted by molar-refractivity contribution is 7.93. The zero-order valence-corrected chi connectivity index (χ0v) is 22.2. The van der Waals surface area contributed by atoms with E-state index in [-0.39, 0.29) is 17.4 Å². The van der Waals surface area contributed by atoms with Crippen LogP contribution in [-0.4, -0.2) is 27.5 Å². The summed E-state index contributed by atoms with van der Waals surface area (Å²) in [6.45, 7) is 10.1. The molecule has 2 atom stereocenters. The van der Waals surface area contributed by atoms with Crippen molar-refractivity contribution in [2.45, 2.75) is 63.7 Å². The lowest BCUT2D eigenvalue weighted by molar-refractivity contribution is -0.120. The number of sulfonamides is 1. The van der Waals surface area contributed by atoms with Crippen molar-refractivity contribution in [3.05, 3.63) is 76.9 Å². The minimum Gasteiger partial charge on any atom is -0.489 e. The van der Waals surface area contributed by atoms with Gasteiger partial charge in [0.15, 0.2) is 0 Å². The summed E-state index contributed by atoms with van der Waals surface area (Å²) in [5.41, 5.74) is 10.7. The van der Waals surface area contributed by atoms with Crippen LogP contribution >= 0.6 is 0 Å². The van der Waals surface area contributed by atoms with Crippen LogP contribution in [-0.2, 0) is 14.8 Å². The molecule has 0 radical (unpaired) electrons. The van der Waals surface area contributed by atoms with E-state index in [4.69, 9.17) is 10.5 Å². The molecule has 4 rings (SSSR count). The number of fused-ring (bicyclic) bond motifs is 1. The van der Waals surface area contributed by atoms with Crippen LogP contribution in [0.4, 0.5) is 5.69 Å². The average Bonchev–Trinajstić information content (AvgIpc) is 2.85. The number of hydrogen-bond acceptors (Lipinski definition) is 4. The molecule has 1 aliphatic heterocycles. The fourth-order valence-corrected chi connectivity index (χ4v) is 7.15. The second kappa shape index (κ2) is 10.5. The fourth-order valence-electron chi connectivity index (χ4n) is 5.37. The van der Waals surface area contributed by atoms with Crippen LogP contribution < -0.4 is 14.8 Å². The Balaban J connectivity index is 1.80. The first-order valence-electron chi connectivity index (χ1n) is 12.6. The maximum Gasteiger partial charge on any atom is 0.264 e. The number of benzene rings is 2. The van der Waals surface area contributed by atoms with E-state index in [1.165, 1.54) is 9.88 Å². The Morgan fingerprint density at radius 2 is 1.94 bits per heavy atom. The summed E-state index contributed by atoms with van der Waals surface area (Å²) in [5.74, 6) is -0.403. The number of amides is 1. The van der Waals surface area contributed by atoms with Crippen molar-refractivity contribution in [1.82, 2.24) is 0 Å². The van der Waals surface area contributed by atoms with Crippen molar-refractivity contribution in [3.63, 3.8) is 0 Å². The number of para-hydroxylation sites is 1. The van der Waals surface area contributed by atoms with E-state index in [9.17, 15) is 13.2 Å². The molecule has 0 spiro atoms. The van der Waals surface area contributed by atoms with Crippen molar-refractivity contribution < 1.29 is 17.9 Å². The lowest BCUT2D eigenvalue weighted by Gasteiger charge is -2.32. The second-order valence-electron chi connectivity index (χ2n) is 9.99. The number of rotatable bonds is 8. The standard InChI is InChI=1S/C29H36N2O4S/c1-19(2)24(29(30)32)18-25(22-10-6-5-7-11-22)23-14-13-20(3)27(17-23)36(33,34)31-15-16-35-26-12-8-9-21(4)28(26)31/h8-10,12-14,17,24-25H,1,5-7,11,15-16,18H2,2-4H3,(H2,30,32). The maximum atomic E-state index is 14.1. The molecular formula is C29H36N2O4S. The van der Waals surface area contributed by atoms with Gasteiger partial charge in [0.1, 0.15) is 12.4 Å². The van der Waals surface area contributed by atoms with Crippen molar-refractivity contribution in [3.8, 4) is 5.75 Å². The summed E-state index contributed by atoms with van der Waals surface area (Å²) in [6, 6.07) is 11.2. The molecule has 0 aromatic heterocycles. The Kier molecular flexibility index (Phi) is 7.59. The smallest absolute Gasteiger partial charge is 0.264 e. The number of aryl methyl sites for hydroxylation is 2. The van der Waals surface area contributed by atoms with Crippen molar-refractivity contribution in [1.29, 1.82) is 0 Å². The Morgan fingerprint density at radius 3 is 2.61 bits per heavy atom. The highest BCUT2D eigenvalue weighted by Gasteiger charge is 2.34. The van der Waals surface area contributed by atoms with E-state index in [2.05, 4.69) is 12.7 Å². The molecule has 0 bridgehead atoms. The topological polar surface area (TPSA) is 89.7 Å². The minimum absolute atomic E-state index is 0.104. The summed E-state index contributed by atoms with van der Waals surface area (Å²) in [5, 5.41) is 0. The molecule has 1 amide bonds. The van der Waals surface area contributed by atoms with Crippen LogP contribution in [0, 0.1) is 19.8 Å². The summed E-state index contributed by atoms with van der Waals surface area (Å²) in [7, 11) is -3.85. The Hall–Kier alpha value is -3.06. The van der Waals surface area contributed by atoms with Crippen LogP contribution in [0.15, 0.2) is 65.1 Å². The molecule has 1 heterocycles. The third-order valence-electron chi connectivity index (χ3n) is 7.37. The van der Waals surface area contributed by atoms with Crippen LogP contribution in [0.5, 0.6) is 5.75 Å².